The minimum atomic E-state index is -0.991. The van der Waals surface area contributed by atoms with Crippen LogP contribution in [0.1, 0.15) is 38.1 Å². The molecule has 25 heavy (non-hydrogen) atoms. The van der Waals surface area contributed by atoms with E-state index < -0.39 is 18.2 Å². The van der Waals surface area contributed by atoms with E-state index in [1.54, 1.807) is 10.9 Å². The van der Waals surface area contributed by atoms with Gasteiger partial charge in [-0.1, -0.05) is 12.8 Å². The van der Waals surface area contributed by atoms with Crippen molar-refractivity contribution in [3.63, 3.8) is 0 Å². The van der Waals surface area contributed by atoms with E-state index >= 15 is 0 Å². The van der Waals surface area contributed by atoms with E-state index in [-0.39, 0.29) is 17.8 Å². The van der Waals surface area contributed by atoms with Crippen LogP contribution in [-0.2, 0) is 0 Å². The number of aliphatic hydroxyl groups is 3. The van der Waals surface area contributed by atoms with E-state index in [2.05, 4.69) is 20.3 Å². The van der Waals surface area contributed by atoms with Crippen LogP contribution in [0.15, 0.2) is 6.33 Å². The molecule has 2 aliphatic carbocycles. The Balaban J connectivity index is 1.70. The molecule has 4 atom stereocenters. The summed E-state index contributed by atoms with van der Waals surface area (Å²) in [5, 5.41) is 33.3. The van der Waals surface area contributed by atoms with Crippen LogP contribution in [0.25, 0.3) is 11.2 Å². The minimum Gasteiger partial charge on any atom is -0.396 e. The molecule has 0 spiro atoms. The molecule has 2 aromatic heterocycles. The van der Waals surface area contributed by atoms with Crippen LogP contribution in [0.5, 0.6) is 0 Å². The fraction of sp³-hybridized carbons (Fsp3) is 0.688. The van der Waals surface area contributed by atoms with Crippen molar-refractivity contribution in [3.8, 4) is 0 Å². The zero-order valence-corrected chi connectivity index (χ0v) is 14.5. The normalized spacial score (nSPS) is 30.4. The predicted octanol–water partition coefficient (Wildman–Crippen LogP) is 1.11. The fourth-order valence-corrected chi connectivity index (χ4v) is 4.22. The molecule has 9 heteroatoms. The number of halogens is 1. The second kappa shape index (κ2) is 6.68. The van der Waals surface area contributed by atoms with Crippen LogP contribution < -0.4 is 5.32 Å². The monoisotopic (exact) mass is 367 g/mol. The number of imidazole rings is 1. The van der Waals surface area contributed by atoms with E-state index in [4.69, 9.17) is 11.6 Å². The van der Waals surface area contributed by atoms with Crippen molar-refractivity contribution in [3.05, 3.63) is 11.6 Å². The highest BCUT2D eigenvalue weighted by Gasteiger charge is 2.42. The summed E-state index contributed by atoms with van der Waals surface area (Å²) in [7, 11) is 0. The number of aromatic nitrogens is 4. The lowest BCUT2D eigenvalue weighted by atomic mass is 10.1. The number of rotatable bonds is 4. The van der Waals surface area contributed by atoms with Crippen molar-refractivity contribution >= 4 is 28.6 Å². The highest BCUT2D eigenvalue weighted by atomic mass is 35.5. The van der Waals surface area contributed by atoms with E-state index in [9.17, 15) is 15.3 Å². The Morgan fingerprint density at radius 1 is 1.20 bits per heavy atom. The van der Waals surface area contributed by atoms with Gasteiger partial charge in [0, 0.05) is 18.6 Å². The maximum Gasteiger partial charge on any atom is 0.226 e. The molecule has 0 saturated heterocycles. The van der Waals surface area contributed by atoms with Gasteiger partial charge in [-0.3, -0.25) is 0 Å². The quantitative estimate of drug-likeness (QED) is 0.598. The first-order valence-electron chi connectivity index (χ1n) is 8.72. The maximum atomic E-state index is 10.4. The van der Waals surface area contributed by atoms with Gasteiger partial charge in [-0.05, 0) is 30.9 Å². The van der Waals surface area contributed by atoms with Crippen LogP contribution in [0, 0.1) is 5.92 Å². The minimum absolute atomic E-state index is 0.112. The SMILES string of the molecule is OC[C@H]1C[C@@H](n2cnc3c(NC4CCCC4)nc(Cl)nc32)[C@H](O)[C@@H]1O. The summed E-state index contributed by atoms with van der Waals surface area (Å²) in [6.45, 7) is -0.175. The third kappa shape index (κ3) is 2.97. The van der Waals surface area contributed by atoms with Crippen molar-refractivity contribution in [2.24, 2.45) is 5.92 Å². The van der Waals surface area contributed by atoms with E-state index in [1.165, 1.54) is 12.8 Å². The Morgan fingerprint density at radius 2 is 1.96 bits per heavy atom. The Bertz CT molecular complexity index is 764. The van der Waals surface area contributed by atoms with E-state index in [1.807, 2.05) is 0 Å². The van der Waals surface area contributed by atoms with Gasteiger partial charge in [-0.25, -0.2) is 4.98 Å². The molecular formula is C16H22ClN5O3. The molecule has 2 fully saturated rings. The molecule has 2 aliphatic rings. The Labute approximate surface area is 149 Å². The first-order valence-corrected chi connectivity index (χ1v) is 9.10. The molecule has 0 aliphatic heterocycles. The second-order valence-electron chi connectivity index (χ2n) is 7.02. The average molecular weight is 368 g/mol. The molecule has 8 nitrogen and oxygen atoms in total. The van der Waals surface area contributed by atoms with E-state index in [0.29, 0.717) is 29.4 Å². The number of hydrogen-bond acceptors (Lipinski definition) is 7. The third-order valence-corrected chi connectivity index (χ3v) is 5.62. The van der Waals surface area contributed by atoms with Gasteiger partial charge in [0.15, 0.2) is 17.0 Å². The Kier molecular flexibility index (Phi) is 4.53. The van der Waals surface area contributed by atoms with Gasteiger partial charge >= 0.3 is 0 Å². The predicted molar refractivity (Wildman–Crippen MR) is 92.5 cm³/mol. The third-order valence-electron chi connectivity index (χ3n) is 5.45. The smallest absolute Gasteiger partial charge is 0.226 e. The summed E-state index contributed by atoms with van der Waals surface area (Å²) in [6, 6.07) is -0.0561. The topological polar surface area (TPSA) is 116 Å². The summed E-state index contributed by atoms with van der Waals surface area (Å²) in [5.74, 6) is 0.234. The van der Waals surface area contributed by atoms with Gasteiger partial charge in [0.2, 0.25) is 5.28 Å². The van der Waals surface area contributed by atoms with Gasteiger partial charge in [-0.15, -0.1) is 0 Å². The van der Waals surface area contributed by atoms with Crippen LogP contribution in [0.3, 0.4) is 0 Å². The summed E-state index contributed by atoms with van der Waals surface area (Å²) in [4.78, 5) is 13.0. The molecule has 0 aromatic carbocycles. The molecule has 0 bridgehead atoms. The van der Waals surface area contributed by atoms with Gasteiger partial charge in [-0.2, -0.15) is 9.97 Å². The second-order valence-corrected chi connectivity index (χ2v) is 7.36. The fourth-order valence-electron chi connectivity index (χ4n) is 4.05. The van der Waals surface area contributed by atoms with E-state index in [0.717, 1.165) is 12.8 Å². The molecule has 2 heterocycles. The van der Waals surface area contributed by atoms with Crippen molar-refractivity contribution in [2.45, 2.75) is 56.4 Å². The highest BCUT2D eigenvalue weighted by molar-refractivity contribution is 6.28. The number of nitrogens with zero attached hydrogens (tertiary/aromatic N) is 4. The maximum absolute atomic E-state index is 10.4. The summed E-state index contributed by atoms with van der Waals surface area (Å²) in [6.07, 6.45) is 4.65. The van der Waals surface area contributed by atoms with Gasteiger partial charge in [0.25, 0.3) is 0 Å². The van der Waals surface area contributed by atoms with Crippen LogP contribution in [0.2, 0.25) is 5.28 Å². The number of fused-ring (bicyclic) bond motifs is 1. The summed E-state index contributed by atoms with van der Waals surface area (Å²) >= 11 is 6.11. The summed E-state index contributed by atoms with van der Waals surface area (Å²) < 4.78 is 1.73. The molecular weight excluding hydrogens is 346 g/mol. The molecule has 4 N–H and O–H groups in total. The van der Waals surface area contributed by atoms with Crippen LogP contribution in [0.4, 0.5) is 5.82 Å². The molecule has 136 valence electrons. The largest absolute Gasteiger partial charge is 0.396 e. The zero-order chi connectivity index (χ0) is 17.6. The van der Waals surface area contributed by atoms with Crippen molar-refractivity contribution < 1.29 is 15.3 Å². The molecule has 0 radical (unpaired) electrons. The Hall–Kier alpha value is -1.48. The Morgan fingerprint density at radius 3 is 2.64 bits per heavy atom. The molecule has 0 amide bonds. The zero-order valence-electron chi connectivity index (χ0n) is 13.7. The lowest BCUT2D eigenvalue weighted by Crippen LogP contribution is -2.30. The first kappa shape index (κ1) is 17.0. The van der Waals surface area contributed by atoms with Crippen LogP contribution >= 0.6 is 11.6 Å². The first-order chi connectivity index (χ1) is 12.1. The van der Waals surface area contributed by atoms with Gasteiger partial charge in [0.1, 0.15) is 6.10 Å². The van der Waals surface area contributed by atoms with Crippen LogP contribution in [-0.4, -0.2) is 59.7 Å². The number of hydrogen-bond donors (Lipinski definition) is 4. The highest BCUT2D eigenvalue weighted by Crippen LogP contribution is 2.37. The lowest BCUT2D eigenvalue weighted by molar-refractivity contribution is -0.00370. The standard InChI is InChI=1S/C16H22ClN5O3/c17-16-20-14(19-9-3-1-2-4-9)11-15(21-16)22(7-18-11)10-5-8(6-23)12(24)13(10)25/h7-10,12-13,23-25H,1-6H2,(H,19,20,21)/t8-,10-,12-,13+/m1/s1. The molecule has 0 unspecified atom stereocenters. The average Bonchev–Trinajstić information content (AvgIpc) is 3.29. The van der Waals surface area contributed by atoms with Gasteiger partial charge < -0.3 is 25.2 Å². The lowest BCUT2D eigenvalue weighted by Gasteiger charge is -2.18. The van der Waals surface area contributed by atoms with Crippen molar-refractivity contribution in [1.29, 1.82) is 0 Å². The van der Waals surface area contributed by atoms with Crippen molar-refractivity contribution in [2.75, 3.05) is 11.9 Å². The number of anilines is 1. The van der Waals surface area contributed by atoms with Gasteiger partial charge in [0.05, 0.1) is 18.5 Å². The van der Waals surface area contributed by atoms with Crippen molar-refractivity contribution in [1.82, 2.24) is 19.5 Å². The molecule has 2 saturated carbocycles. The number of aliphatic hydroxyl groups excluding tert-OH is 3. The number of nitrogens with one attached hydrogen (secondary N) is 1. The molecule has 2 aromatic rings. The summed E-state index contributed by atoms with van der Waals surface area (Å²) in [5.41, 5.74) is 1.13. The molecule has 4 rings (SSSR count).